The van der Waals surface area contributed by atoms with Gasteiger partial charge in [-0.15, -0.1) is 0 Å². The van der Waals surface area contributed by atoms with Crippen LogP contribution in [0.4, 0.5) is 4.39 Å². The van der Waals surface area contributed by atoms with Gasteiger partial charge in [-0.2, -0.15) is 5.26 Å². The predicted molar refractivity (Wildman–Crippen MR) is 116 cm³/mol. The molecule has 3 aromatic rings. The Kier molecular flexibility index (Phi) is 5.15. The third-order valence-corrected chi connectivity index (χ3v) is 5.51. The van der Waals surface area contributed by atoms with Gasteiger partial charge in [-0.25, -0.2) is 4.39 Å². The lowest BCUT2D eigenvalue weighted by molar-refractivity contribution is 0.174. The average Bonchev–Trinajstić information content (AvgIpc) is 3.28. The number of methoxy groups -OCH3 is 1. The number of halogens is 1. The molecular formula is C25H19FN2O5. The molecule has 0 amide bonds. The summed E-state index contributed by atoms with van der Waals surface area (Å²) in [5.41, 5.74) is 8.53. The van der Waals surface area contributed by atoms with E-state index in [1.807, 2.05) is 6.07 Å². The molecule has 0 bridgehead atoms. The van der Waals surface area contributed by atoms with Crippen LogP contribution in [0.1, 0.15) is 22.6 Å². The van der Waals surface area contributed by atoms with E-state index in [9.17, 15) is 9.65 Å². The topological polar surface area (TPSA) is 96.0 Å². The molecular weight excluding hydrogens is 427 g/mol. The molecule has 2 aliphatic rings. The summed E-state index contributed by atoms with van der Waals surface area (Å²) in [5.74, 6) is 1.77. The third kappa shape index (κ3) is 3.74. The second kappa shape index (κ2) is 8.28. The number of hydrogen-bond acceptors (Lipinski definition) is 7. The van der Waals surface area contributed by atoms with Crippen LogP contribution in [0.5, 0.6) is 28.7 Å². The first-order valence-electron chi connectivity index (χ1n) is 10.1. The van der Waals surface area contributed by atoms with Gasteiger partial charge in [-0.3, -0.25) is 0 Å². The van der Waals surface area contributed by atoms with E-state index in [1.54, 1.807) is 36.4 Å². The Morgan fingerprint density at radius 2 is 1.88 bits per heavy atom. The first kappa shape index (κ1) is 20.5. The zero-order valence-electron chi connectivity index (χ0n) is 17.6. The van der Waals surface area contributed by atoms with Crippen molar-refractivity contribution in [2.45, 2.75) is 12.5 Å². The Hall–Kier alpha value is -4.38. The van der Waals surface area contributed by atoms with E-state index in [2.05, 4.69) is 6.07 Å². The Morgan fingerprint density at radius 1 is 1.06 bits per heavy atom. The molecule has 2 N–H and O–H groups in total. The van der Waals surface area contributed by atoms with Gasteiger partial charge in [-0.1, -0.05) is 18.2 Å². The summed E-state index contributed by atoms with van der Waals surface area (Å²) in [6, 6.07) is 17.2. The Morgan fingerprint density at radius 3 is 2.64 bits per heavy atom. The van der Waals surface area contributed by atoms with Gasteiger partial charge in [0.05, 0.1) is 13.0 Å². The van der Waals surface area contributed by atoms with E-state index in [0.29, 0.717) is 34.3 Å². The van der Waals surface area contributed by atoms with Crippen LogP contribution in [0.3, 0.4) is 0 Å². The van der Waals surface area contributed by atoms with Gasteiger partial charge in [0.1, 0.15) is 29.8 Å². The van der Waals surface area contributed by atoms with Gasteiger partial charge >= 0.3 is 0 Å². The third-order valence-electron chi connectivity index (χ3n) is 5.51. The zero-order chi connectivity index (χ0) is 22.9. The minimum Gasteiger partial charge on any atom is -0.493 e. The van der Waals surface area contributed by atoms with Crippen molar-refractivity contribution in [3.8, 4) is 34.8 Å². The molecule has 0 radical (unpaired) electrons. The number of fused-ring (bicyclic) bond motifs is 2. The zero-order valence-corrected chi connectivity index (χ0v) is 17.6. The Bertz CT molecular complexity index is 1310. The number of ether oxygens (including phenoxy) is 5. The van der Waals surface area contributed by atoms with E-state index >= 15 is 0 Å². The number of allylic oxidation sites excluding steroid dienone is 1. The molecule has 2 aliphatic heterocycles. The van der Waals surface area contributed by atoms with E-state index in [0.717, 1.165) is 11.1 Å². The molecule has 5 rings (SSSR count). The summed E-state index contributed by atoms with van der Waals surface area (Å²) in [5, 5.41) is 9.82. The van der Waals surface area contributed by atoms with Crippen molar-refractivity contribution in [2.24, 2.45) is 5.73 Å². The fraction of sp³-hybridized carbons (Fsp3) is 0.160. The SMILES string of the molecule is COc1cc(C2C(C#N)=C(N)Oc3cc4c(cc32)OCO4)ccc1OCc1cccc(F)c1. The molecule has 0 fully saturated rings. The summed E-state index contributed by atoms with van der Waals surface area (Å²) in [6.45, 7) is 0.287. The fourth-order valence-corrected chi connectivity index (χ4v) is 3.96. The van der Waals surface area contributed by atoms with Crippen LogP contribution in [0.2, 0.25) is 0 Å². The van der Waals surface area contributed by atoms with Gasteiger partial charge in [0.25, 0.3) is 0 Å². The monoisotopic (exact) mass is 446 g/mol. The number of rotatable bonds is 5. The van der Waals surface area contributed by atoms with E-state index in [4.69, 9.17) is 29.4 Å². The molecule has 1 atom stereocenters. The predicted octanol–water partition coefficient (Wildman–Crippen LogP) is 4.36. The normalized spacial score (nSPS) is 16.0. The molecule has 8 heteroatoms. The maximum Gasteiger partial charge on any atom is 0.231 e. The van der Waals surface area contributed by atoms with Crippen LogP contribution in [-0.4, -0.2) is 13.9 Å². The van der Waals surface area contributed by atoms with Crippen molar-refractivity contribution in [1.82, 2.24) is 0 Å². The highest BCUT2D eigenvalue weighted by molar-refractivity contribution is 5.62. The maximum absolute atomic E-state index is 13.5. The molecule has 0 spiro atoms. The number of nitriles is 1. The van der Waals surface area contributed by atoms with Crippen molar-refractivity contribution in [3.05, 3.63) is 88.6 Å². The van der Waals surface area contributed by atoms with E-state index in [1.165, 1.54) is 19.2 Å². The molecule has 33 heavy (non-hydrogen) atoms. The second-order valence-electron chi connectivity index (χ2n) is 7.50. The first-order chi connectivity index (χ1) is 16.1. The minimum absolute atomic E-state index is 0.0271. The lowest BCUT2D eigenvalue weighted by Gasteiger charge is -2.27. The molecule has 0 aromatic heterocycles. The Balaban J connectivity index is 1.51. The molecule has 0 aliphatic carbocycles. The quantitative estimate of drug-likeness (QED) is 0.622. The standard InChI is InChI=1S/C25H19FN2O5/c1-29-21-8-15(5-6-19(21)30-12-14-3-2-4-16(26)7-14)24-17-9-22-23(32-13-31-22)10-20(17)33-25(28)18(24)11-27/h2-10,24H,12-13,28H2,1H3. The van der Waals surface area contributed by atoms with Crippen LogP contribution in [0, 0.1) is 17.1 Å². The van der Waals surface area contributed by atoms with Crippen LogP contribution in [-0.2, 0) is 6.61 Å². The van der Waals surface area contributed by atoms with Gasteiger partial charge in [0.15, 0.2) is 23.0 Å². The van der Waals surface area contributed by atoms with Gasteiger partial charge < -0.3 is 29.4 Å². The molecule has 166 valence electrons. The first-order valence-corrected chi connectivity index (χ1v) is 10.1. The summed E-state index contributed by atoms with van der Waals surface area (Å²) < 4.78 is 41.5. The summed E-state index contributed by atoms with van der Waals surface area (Å²) >= 11 is 0. The second-order valence-corrected chi connectivity index (χ2v) is 7.50. The van der Waals surface area contributed by atoms with Crippen LogP contribution in [0.25, 0.3) is 0 Å². The summed E-state index contributed by atoms with van der Waals surface area (Å²) in [4.78, 5) is 0. The maximum atomic E-state index is 13.5. The van der Waals surface area contributed by atoms with Crippen molar-refractivity contribution >= 4 is 0 Å². The highest BCUT2D eigenvalue weighted by Gasteiger charge is 2.33. The smallest absolute Gasteiger partial charge is 0.231 e. The van der Waals surface area contributed by atoms with Crippen LogP contribution >= 0.6 is 0 Å². The molecule has 2 heterocycles. The van der Waals surface area contributed by atoms with Gasteiger partial charge in [-0.05, 0) is 41.5 Å². The number of nitrogens with zero attached hydrogens (tertiary/aromatic N) is 1. The number of nitrogens with two attached hydrogens (primary N) is 1. The fourth-order valence-electron chi connectivity index (χ4n) is 3.96. The van der Waals surface area contributed by atoms with Crippen molar-refractivity contribution in [1.29, 1.82) is 5.26 Å². The molecule has 0 saturated heterocycles. The largest absolute Gasteiger partial charge is 0.493 e. The van der Waals surface area contributed by atoms with Crippen molar-refractivity contribution in [3.63, 3.8) is 0 Å². The molecule has 0 saturated carbocycles. The number of hydrogen-bond donors (Lipinski definition) is 1. The highest BCUT2D eigenvalue weighted by atomic mass is 19.1. The lowest BCUT2D eigenvalue weighted by Crippen LogP contribution is -2.21. The van der Waals surface area contributed by atoms with Crippen molar-refractivity contribution in [2.75, 3.05) is 13.9 Å². The molecule has 1 unspecified atom stereocenters. The van der Waals surface area contributed by atoms with Gasteiger partial charge in [0.2, 0.25) is 12.7 Å². The highest BCUT2D eigenvalue weighted by Crippen LogP contribution is 2.48. The summed E-state index contributed by atoms with van der Waals surface area (Å²) in [6.07, 6.45) is 0. The minimum atomic E-state index is -0.501. The summed E-state index contributed by atoms with van der Waals surface area (Å²) in [7, 11) is 1.53. The van der Waals surface area contributed by atoms with Crippen molar-refractivity contribution < 1.29 is 28.1 Å². The van der Waals surface area contributed by atoms with Crippen LogP contribution in [0.15, 0.2) is 66.1 Å². The Labute approximate surface area is 189 Å². The lowest BCUT2D eigenvalue weighted by atomic mass is 9.83. The average molecular weight is 446 g/mol. The molecule has 3 aromatic carbocycles. The number of benzene rings is 3. The molecule has 7 nitrogen and oxygen atoms in total. The van der Waals surface area contributed by atoms with E-state index < -0.39 is 5.92 Å². The van der Waals surface area contributed by atoms with Crippen LogP contribution < -0.4 is 29.4 Å². The van der Waals surface area contributed by atoms with Gasteiger partial charge in [0, 0.05) is 11.6 Å². The van der Waals surface area contributed by atoms with E-state index in [-0.39, 0.29) is 30.7 Å².